The van der Waals surface area contributed by atoms with Crippen molar-refractivity contribution in [1.82, 2.24) is 25.7 Å². The number of hydrogen-bond acceptors (Lipinski definition) is 20. The fourth-order valence-corrected chi connectivity index (χ4v) is 6.94. The second-order valence-electron chi connectivity index (χ2n) is 16.4. The van der Waals surface area contributed by atoms with Crippen molar-refractivity contribution >= 4 is 32.3 Å². The quantitative estimate of drug-likeness (QED) is 0.0148. The summed E-state index contributed by atoms with van der Waals surface area (Å²) in [4.78, 5) is 32.6. The first-order valence-corrected chi connectivity index (χ1v) is 26.4. The molecule has 2 aliphatic heterocycles. The summed E-state index contributed by atoms with van der Waals surface area (Å²) in [7, 11) is -0.315. The van der Waals surface area contributed by atoms with Crippen molar-refractivity contribution in [2.24, 2.45) is 5.10 Å². The van der Waals surface area contributed by atoms with E-state index < -0.39 is 37.5 Å². The van der Waals surface area contributed by atoms with Crippen LogP contribution in [-0.2, 0) is 98.0 Å². The van der Waals surface area contributed by atoms with E-state index in [0.717, 1.165) is 37.3 Å². The summed E-state index contributed by atoms with van der Waals surface area (Å²) in [5.41, 5.74) is 5.72. The molecule has 2 fully saturated rings. The van der Waals surface area contributed by atoms with Crippen molar-refractivity contribution in [3.63, 3.8) is 0 Å². The molecule has 2 saturated heterocycles. The number of esters is 1. The number of hydrazone groups is 1. The van der Waals surface area contributed by atoms with Gasteiger partial charge in [-0.25, -0.2) is 29.6 Å². The van der Waals surface area contributed by atoms with Gasteiger partial charge >= 0.3 is 5.97 Å². The van der Waals surface area contributed by atoms with Crippen molar-refractivity contribution in [1.29, 1.82) is 0 Å². The van der Waals surface area contributed by atoms with Gasteiger partial charge in [0.2, 0.25) is 5.75 Å². The Labute approximate surface area is 478 Å². The van der Waals surface area contributed by atoms with Gasteiger partial charge in [0.25, 0.3) is 0 Å². The van der Waals surface area contributed by atoms with Crippen molar-refractivity contribution in [3.05, 3.63) is 93.2 Å². The Bertz CT molecular complexity index is 2040. The minimum Gasteiger partial charge on any atom is -0.661 e. The molecule has 3 aromatic rings. The number of benzene rings is 2. The van der Waals surface area contributed by atoms with Crippen LogP contribution in [-0.4, -0.2) is 195 Å². The van der Waals surface area contributed by atoms with Crippen LogP contribution in [0.25, 0.3) is 10.2 Å². The maximum Gasteiger partial charge on any atom is 0.313 e. The summed E-state index contributed by atoms with van der Waals surface area (Å²) in [5.74, 6) is -4.10. The molecule has 2 aromatic carbocycles. The fourth-order valence-electron chi connectivity index (χ4n) is 6.55. The first kappa shape index (κ1) is 68.2. The van der Waals surface area contributed by atoms with Crippen molar-refractivity contribution < 1.29 is 117 Å². The molecule has 2 atom stereocenters. The summed E-state index contributed by atoms with van der Waals surface area (Å²) in [5, 5.41) is 19.5. The largest absolute Gasteiger partial charge is 0.661 e. The van der Waals surface area contributed by atoms with Gasteiger partial charge in [-0.3, -0.25) is 10.2 Å². The third-order valence-corrected chi connectivity index (χ3v) is 10.9. The molecule has 0 aliphatic carbocycles. The van der Waals surface area contributed by atoms with Gasteiger partial charge in [0.1, 0.15) is 36.4 Å². The van der Waals surface area contributed by atoms with E-state index in [-0.39, 0.29) is 77.6 Å². The van der Waals surface area contributed by atoms with E-state index in [1.165, 1.54) is 11.8 Å². The average molecular weight is 1210 g/mol. The van der Waals surface area contributed by atoms with Crippen molar-refractivity contribution in [3.8, 4) is 11.5 Å². The van der Waals surface area contributed by atoms with Gasteiger partial charge in [-0.1, -0.05) is 22.9 Å². The Morgan fingerprint density at radius 1 is 0.844 bits per heavy atom. The summed E-state index contributed by atoms with van der Waals surface area (Å²) in [6.45, 7) is 9.88. The normalized spacial score (nSPS) is 15.6. The summed E-state index contributed by atoms with van der Waals surface area (Å²) >= 11 is 5.28. The minimum absolute atomic E-state index is 0. The minimum atomic E-state index is -2.01. The van der Waals surface area contributed by atoms with E-state index >= 15 is 0 Å². The number of aromatic nitrogens is 3. The summed E-state index contributed by atoms with van der Waals surface area (Å²) in [6.07, 6.45) is 5.95. The summed E-state index contributed by atoms with van der Waals surface area (Å²) < 4.78 is 107. The number of halogens is 4. The number of carbonyl (C=O) groups is 1. The molecule has 29 heteroatoms. The number of rotatable bonds is 42. The molecule has 5 rings (SSSR count). The van der Waals surface area contributed by atoms with E-state index in [9.17, 15) is 18.0 Å². The van der Waals surface area contributed by atoms with Gasteiger partial charge < -0.3 is 82.1 Å². The molecular formula is C48H71ClF3N8O15PY-2. The number of carbonyl (C=O) groups excluding carboxylic acids is 1. The molecular weight excluding hydrogens is 1140 g/mol. The smallest absolute Gasteiger partial charge is 0.313 e. The SMILES string of the molecule is C[N-]CC(/C=N\NC1CCC(COCP(O)O)O1)=C\[N-]Cl.O=C(CCOCCOCCOCCOCCn1cc(COCCOCCOCCOCCOc2ccc(C3CNC3)cc2)nn1)Oc1c(F)cc(F)cc1F.[Y]. The van der Waals surface area contributed by atoms with Crippen LogP contribution in [0.5, 0.6) is 11.5 Å². The Morgan fingerprint density at radius 2 is 1.43 bits per heavy atom. The molecule has 3 heterocycles. The molecule has 0 saturated carbocycles. The molecule has 2 aliphatic rings. The molecule has 1 aromatic heterocycles. The van der Waals surface area contributed by atoms with E-state index in [1.807, 2.05) is 12.1 Å². The van der Waals surface area contributed by atoms with Crippen LogP contribution in [0.4, 0.5) is 13.2 Å². The predicted molar refractivity (Wildman–Crippen MR) is 273 cm³/mol. The fraction of sp³-hybridized carbons (Fsp3) is 0.625. The van der Waals surface area contributed by atoms with Crippen molar-refractivity contribution in [2.75, 3.05) is 145 Å². The third kappa shape index (κ3) is 32.1. The Morgan fingerprint density at radius 3 is 2.00 bits per heavy atom. The Balaban J connectivity index is 0.000000595. The molecule has 0 amide bonds. The summed E-state index contributed by atoms with van der Waals surface area (Å²) in [6, 6.07) is 9.12. The van der Waals surface area contributed by atoms with Crippen LogP contribution in [0.1, 0.15) is 36.4 Å². The van der Waals surface area contributed by atoms with Gasteiger partial charge in [0.15, 0.2) is 20.0 Å². The average Bonchev–Trinajstić information content (AvgIpc) is 4.05. The number of likely N-dealkylation sites (N-methyl/N-ethyl adjacent to an activating group) is 1. The molecule has 77 heavy (non-hydrogen) atoms. The van der Waals surface area contributed by atoms with Crippen LogP contribution < -0.4 is 20.2 Å². The number of ether oxygens (including phenoxy) is 12. The molecule has 23 nitrogen and oxygen atoms in total. The van der Waals surface area contributed by atoms with Gasteiger partial charge in [0.05, 0.1) is 138 Å². The number of nitrogens with one attached hydrogen (secondary N) is 2. The van der Waals surface area contributed by atoms with Crippen LogP contribution in [0.2, 0.25) is 0 Å². The molecule has 2 unspecified atom stereocenters. The van der Waals surface area contributed by atoms with Gasteiger partial charge in [-0.15, -0.1) is 11.6 Å². The maximum atomic E-state index is 13.5. The topological polar surface area (TPSA) is 264 Å². The van der Waals surface area contributed by atoms with Gasteiger partial charge in [-0.05, 0) is 30.5 Å². The van der Waals surface area contributed by atoms with E-state index in [1.54, 1.807) is 24.1 Å². The zero-order chi connectivity index (χ0) is 54.3. The van der Waals surface area contributed by atoms with Crippen LogP contribution >= 0.6 is 20.2 Å². The Kier molecular flexibility index (Phi) is 38.7. The predicted octanol–water partition coefficient (Wildman–Crippen LogP) is 4.84. The first-order chi connectivity index (χ1) is 37.1. The molecule has 0 spiro atoms. The Hall–Kier alpha value is -3.09. The number of nitrogens with zero attached hydrogens (tertiary/aromatic N) is 6. The van der Waals surface area contributed by atoms with Crippen LogP contribution in [0.15, 0.2) is 59.5 Å². The molecule has 4 N–H and O–H groups in total. The molecule has 0 bridgehead atoms. The maximum absolute atomic E-state index is 13.5. The van der Waals surface area contributed by atoms with E-state index in [0.29, 0.717) is 136 Å². The molecule has 1 radical (unpaired) electrons. The zero-order valence-electron chi connectivity index (χ0n) is 43.2. The second kappa shape index (κ2) is 43.7. The standard InChI is InChI=1S/C37H51F3N4O11.C11H20ClN4O4P.Y/c38-31-23-34(39)37(35(40)24-31)55-36(45)5-7-46-9-11-48-13-14-49-12-10-47-8-6-44-27-32(42-43-44)28-53-20-19-51-16-15-50-17-18-52-21-22-54-33-3-1-29(2-4-33)30-25-41-26-30;1-13-4-9(5-14-12)6-15-16-11-3-2-10(20-11)7-19-8-21(17)18;/h1-4,23-24,27,30,41H,5-22,25-26,28H2;5-6,10-11,16-18H,2-4,7-8H2,1H3;/q;-2;/b;9-5+,15-6-;. The van der Waals surface area contributed by atoms with Gasteiger partial charge in [-0.2, -0.15) is 18.3 Å². The number of hydrogen-bond donors (Lipinski definition) is 4. The third-order valence-electron chi connectivity index (χ3n) is 10.4. The second-order valence-corrected chi connectivity index (χ2v) is 17.6. The zero-order valence-corrected chi connectivity index (χ0v) is 47.7. The van der Waals surface area contributed by atoms with Crippen LogP contribution in [0, 0.1) is 17.5 Å². The van der Waals surface area contributed by atoms with Gasteiger partial charge in [0, 0.05) is 70.1 Å². The first-order valence-electron chi connectivity index (χ1n) is 24.7. The van der Waals surface area contributed by atoms with E-state index in [4.69, 9.17) is 73.7 Å². The monoisotopic (exact) mass is 1210 g/mol. The van der Waals surface area contributed by atoms with E-state index in [2.05, 4.69) is 53.2 Å². The van der Waals surface area contributed by atoms with Crippen molar-refractivity contribution in [2.45, 2.75) is 50.7 Å². The molecule has 431 valence electrons. The van der Waals surface area contributed by atoms with Crippen LogP contribution in [0.3, 0.4) is 0 Å².